The lowest BCUT2D eigenvalue weighted by molar-refractivity contribution is 0.0690. The molecule has 1 aromatic carbocycles. The summed E-state index contributed by atoms with van der Waals surface area (Å²) in [5.74, 6) is 0.205. The number of carbonyl (C=O) groups is 1. The van der Waals surface area contributed by atoms with Crippen molar-refractivity contribution in [2.45, 2.75) is 0 Å². The molecule has 3 aromatic rings. The summed E-state index contributed by atoms with van der Waals surface area (Å²) < 4.78 is 6.65. The topological polar surface area (TPSA) is 77.2 Å². The Labute approximate surface area is 126 Å². The van der Waals surface area contributed by atoms with Crippen LogP contribution >= 0.6 is 0 Å². The van der Waals surface area contributed by atoms with Crippen molar-refractivity contribution in [3.05, 3.63) is 60.4 Å². The van der Waals surface area contributed by atoms with Gasteiger partial charge in [-0.3, -0.25) is 0 Å². The summed E-state index contributed by atoms with van der Waals surface area (Å²) in [5.41, 5.74) is 1.45. The number of pyridine rings is 1. The third-order valence-electron chi connectivity index (χ3n) is 3.18. The Morgan fingerprint density at radius 1 is 1.18 bits per heavy atom. The lowest BCUT2D eigenvalue weighted by Crippen LogP contribution is -2.03. The number of aromatic nitrogens is 3. The fourth-order valence-electron chi connectivity index (χ4n) is 2.11. The molecule has 0 saturated heterocycles. The Morgan fingerprint density at radius 2 is 1.95 bits per heavy atom. The molecule has 0 aliphatic heterocycles. The first-order valence-electron chi connectivity index (χ1n) is 6.58. The molecule has 0 atom stereocenters. The molecule has 1 N–H and O–H groups in total. The van der Waals surface area contributed by atoms with E-state index < -0.39 is 5.97 Å². The van der Waals surface area contributed by atoms with Crippen LogP contribution in [0.15, 0.2) is 54.7 Å². The molecular weight excluding hydrogens is 282 g/mol. The van der Waals surface area contributed by atoms with Gasteiger partial charge in [0.15, 0.2) is 11.5 Å². The first-order valence-corrected chi connectivity index (χ1v) is 6.58. The molecule has 110 valence electrons. The number of ether oxygens (including phenoxy) is 1. The number of aromatic carboxylic acids is 1. The molecule has 0 saturated carbocycles. The molecule has 0 fully saturated rings. The van der Waals surface area contributed by atoms with Crippen LogP contribution in [-0.2, 0) is 0 Å². The average molecular weight is 295 g/mol. The molecule has 3 rings (SSSR count). The van der Waals surface area contributed by atoms with Crippen molar-refractivity contribution >= 4 is 5.97 Å². The van der Waals surface area contributed by atoms with Crippen LogP contribution in [-0.4, -0.2) is 33.0 Å². The van der Waals surface area contributed by atoms with Crippen molar-refractivity contribution in [1.82, 2.24) is 14.8 Å². The van der Waals surface area contributed by atoms with Gasteiger partial charge in [0.2, 0.25) is 0 Å². The summed E-state index contributed by atoms with van der Waals surface area (Å²) in [4.78, 5) is 15.4. The Hall–Kier alpha value is -3.15. The van der Waals surface area contributed by atoms with Gasteiger partial charge in [-0.1, -0.05) is 6.07 Å². The minimum absolute atomic E-state index is 0.0310. The monoisotopic (exact) mass is 295 g/mol. The quantitative estimate of drug-likeness (QED) is 0.800. The molecule has 0 radical (unpaired) electrons. The van der Waals surface area contributed by atoms with Gasteiger partial charge in [-0.25, -0.2) is 14.5 Å². The first kappa shape index (κ1) is 13.8. The maximum atomic E-state index is 11.2. The van der Waals surface area contributed by atoms with Gasteiger partial charge in [0.25, 0.3) is 0 Å². The molecule has 2 aromatic heterocycles. The average Bonchev–Trinajstić information content (AvgIpc) is 3.01. The molecule has 0 aliphatic rings. The fraction of sp³-hybridized carbons (Fsp3) is 0.0625. The van der Waals surface area contributed by atoms with E-state index in [1.54, 1.807) is 25.4 Å². The van der Waals surface area contributed by atoms with E-state index in [1.165, 1.54) is 10.7 Å². The van der Waals surface area contributed by atoms with Gasteiger partial charge >= 0.3 is 5.97 Å². The SMILES string of the molecule is COc1ccc(-c2cc(C(=O)O)nn2-c2ccccn2)cc1. The third-order valence-corrected chi connectivity index (χ3v) is 3.18. The lowest BCUT2D eigenvalue weighted by atomic mass is 10.1. The summed E-state index contributed by atoms with van der Waals surface area (Å²) in [5, 5.41) is 13.3. The second kappa shape index (κ2) is 5.69. The molecule has 0 bridgehead atoms. The van der Waals surface area contributed by atoms with Gasteiger partial charge < -0.3 is 9.84 Å². The standard InChI is InChI=1S/C16H13N3O3/c1-22-12-7-5-11(6-8-12)14-10-13(16(20)21)18-19(14)15-4-2-3-9-17-15/h2-10H,1H3,(H,20,21). The summed E-state index contributed by atoms with van der Waals surface area (Å²) in [6.45, 7) is 0. The second-order valence-corrected chi connectivity index (χ2v) is 4.55. The normalized spacial score (nSPS) is 10.4. The number of methoxy groups -OCH3 is 1. The summed E-state index contributed by atoms with van der Waals surface area (Å²) >= 11 is 0. The maximum absolute atomic E-state index is 11.2. The van der Waals surface area contributed by atoms with Crippen molar-refractivity contribution in [2.24, 2.45) is 0 Å². The van der Waals surface area contributed by atoms with Gasteiger partial charge in [0.1, 0.15) is 5.75 Å². The van der Waals surface area contributed by atoms with Crippen molar-refractivity contribution in [3.63, 3.8) is 0 Å². The van der Waals surface area contributed by atoms with Crippen LogP contribution in [0.5, 0.6) is 5.75 Å². The van der Waals surface area contributed by atoms with Crippen molar-refractivity contribution in [2.75, 3.05) is 7.11 Å². The van der Waals surface area contributed by atoms with E-state index in [1.807, 2.05) is 30.3 Å². The van der Waals surface area contributed by atoms with E-state index in [0.29, 0.717) is 11.5 Å². The first-order chi connectivity index (χ1) is 10.7. The highest BCUT2D eigenvalue weighted by atomic mass is 16.5. The molecule has 6 nitrogen and oxygen atoms in total. The number of rotatable bonds is 4. The molecule has 0 amide bonds. The minimum Gasteiger partial charge on any atom is -0.497 e. The van der Waals surface area contributed by atoms with Crippen LogP contribution in [0.4, 0.5) is 0 Å². The molecule has 22 heavy (non-hydrogen) atoms. The molecule has 0 unspecified atom stereocenters. The molecule has 2 heterocycles. The minimum atomic E-state index is -1.08. The van der Waals surface area contributed by atoms with Crippen LogP contribution in [0.1, 0.15) is 10.5 Å². The zero-order valence-corrected chi connectivity index (χ0v) is 11.8. The number of benzene rings is 1. The fourth-order valence-corrected chi connectivity index (χ4v) is 2.11. The van der Waals surface area contributed by atoms with Crippen LogP contribution in [0.2, 0.25) is 0 Å². The van der Waals surface area contributed by atoms with Crippen LogP contribution in [0.25, 0.3) is 17.1 Å². The number of carboxylic acid groups (broad SMARTS) is 1. The van der Waals surface area contributed by atoms with E-state index in [4.69, 9.17) is 4.74 Å². The van der Waals surface area contributed by atoms with Gasteiger partial charge in [-0.15, -0.1) is 0 Å². The highest BCUT2D eigenvalue weighted by Crippen LogP contribution is 2.25. The Bertz CT molecular complexity index is 795. The van der Waals surface area contributed by atoms with Crippen LogP contribution < -0.4 is 4.74 Å². The maximum Gasteiger partial charge on any atom is 0.356 e. The van der Waals surface area contributed by atoms with Gasteiger partial charge in [0, 0.05) is 11.8 Å². The predicted molar refractivity (Wildman–Crippen MR) is 80.3 cm³/mol. The van der Waals surface area contributed by atoms with Gasteiger partial charge in [-0.2, -0.15) is 5.10 Å². The molecule has 6 heteroatoms. The Kier molecular flexibility index (Phi) is 3.57. The number of hydrogen-bond donors (Lipinski definition) is 1. The zero-order valence-electron chi connectivity index (χ0n) is 11.8. The van der Waals surface area contributed by atoms with Gasteiger partial charge in [-0.05, 0) is 42.5 Å². The summed E-state index contributed by atoms with van der Waals surface area (Å²) in [7, 11) is 1.59. The Balaban J connectivity index is 2.14. The largest absolute Gasteiger partial charge is 0.497 e. The number of hydrogen-bond acceptors (Lipinski definition) is 4. The van der Waals surface area contributed by atoms with E-state index in [0.717, 1.165) is 11.3 Å². The smallest absolute Gasteiger partial charge is 0.356 e. The van der Waals surface area contributed by atoms with Crippen LogP contribution in [0, 0.1) is 0 Å². The highest BCUT2D eigenvalue weighted by Gasteiger charge is 2.16. The lowest BCUT2D eigenvalue weighted by Gasteiger charge is -2.07. The van der Waals surface area contributed by atoms with E-state index in [9.17, 15) is 9.90 Å². The van der Waals surface area contributed by atoms with E-state index >= 15 is 0 Å². The zero-order chi connectivity index (χ0) is 15.5. The van der Waals surface area contributed by atoms with Gasteiger partial charge in [0.05, 0.1) is 12.8 Å². The van der Waals surface area contributed by atoms with E-state index in [-0.39, 0.29) is 5.69 Å². The second-order valence-electron chi connectivity index (χ2n) is 4.55. The number of carboxylic acids is 1. The number of nitrogens with zero attached hydrogens (tertiary/aromatic N) is 3. The molecule has 0 spiro atoms. The summed E-state index contributed by atoms with van der Waals surface area (Å²) in [6.07, 6.45) is 1.63. The molecule has 0 aliphatic carbocycles. The highest BCUT2D eigenvalue weighted by molar-refractivity contribution is 5.87. The van der Waals surface area contributed by atoms with Crippen molar-refractivity contribution in [1.29, 1.82) is 0 Å². The Morgan fingerprint density at radius 3 is 2.55 bits per heavy atom. The molecular formula is C16H13N3O3. The predicted octanol–water partition coefficient (Wildman–Crippen LogP) is 2.64. The third kappa shape index (κ3) is 2.54. The van der Waals surface area contributed by atoms with E-state index in [2.05, 4.69) is 10.1 Å². The van der Waals surface area contributed by atoms with Crippen molar-refractivity contribution < 1.29 is 14.6 Å². The van der Waals surface area contributed by atoms with Crippen molar-refractivity contribution in [3.8, 4) is 22.8 Å². The summed E-state index contributed by atoms with van der Waals surface area (Å²) in [6, 6.07) is 14.2. The van der Waals surface area contributed by atoms with Crippen LogP contribution in [0.3, 0.4) is 0 Å².